The highest BCUT2D eigenvalue weighted by Crippen LogP contribution is 2.25. The number of nitrogens with two attached hydrogens (primary N) is 1. The summed E-state index contributed by atoms with van der Waals surface area (Å²) in [5, 5.41) is 2.12. The third-order valence-corrected chi connectivity index (χ3v) is 4.37. The maximum atomic E-state index is 5.72. The van der Waals surface area contributed by atoms with E-state index >= 15 is 0 Å². The van der Waals surface area contributed by atoms with E-state index < -0.39 is 0 Å². The fourth-order valence-corrected chi connectivity index (χ4v) is 3.29. The minimum atomic E-state index is 0.402. The number of aromatic nitrogens is 2. The molecule has 0 atom stereocenters. The summed E-state index contributed by atoms with van der Waals surface area (Å²) in [4.78, 5) is 6.18. The molecule has 104 valence electrons. The van der Waals surface area contributed by atoms with Crippen LogP contribution in [0.3, 0.4) is 0 Å². The van der Waals surface area contributed by atoms with Crippen LogP contribution in [-0.2, 0) is 13.0 Å². The second-order valence-corrected chi connectivity index (χ2v) is 6.31. The second-order valence-electron chi connectivity index (χ2n) is 5.28. The molecule has 0 aliphatic heterocycles. The van der Waals surface area contributed by atoms with Gasteiger partial charge < -0.3 is 10.3 Å². The van der Waals surface area contributed by atoms with Gasteiger partial charge in [0.25, 0.3) is 0 Å². The lowest BCUT2D eigenvalue weighted by Gasteiger charge is -2.12. The van der Waals surface area contributed by atoms with E-state index in [-0.39, 0.29) is 0 Å². The first-order chi connectivity index (χ1) is 9.69. The summed E-state index contributed by atoms with van der Waals surface area (Å²) in [5.41, 5.74) is 9.10. The lowest BCUT2D eigenvalue weighted by Crippen LogP contribution is -2.06. The van der Waals surface area contributed by atoms with Gasteiger partial charge in [0.2, 0.25) is 0 Å². The summed E-state index contributed by atoms with van der Waals surface area (Å²) in [5.74, 6) is 1.13. The van der Waals surface area contributed by atoms with Gasteiger partial charge in [0.05, 0.1) is 11.0 Å². The number of nitrogens with zero attached hydrogens (tertiary/aromatic N) is 2. The van der Waals surface area contributed by atoms with Crippen LogP contribution in [0.25, 0.3) is 11.0 Å². The van der Waals surface area contributed by atoms with E-state index in [1.54, 1.807) is 11.3 Å². The molecule has 0 unspecified atom stereocenters. The Morgan fingerprint density at radius 3 is 2.80 bits per heavy atom. The zero-order chi connectivity index (χ0) is 14.1. The van der Waals surface area contributed by atoms with E-state index in [4.69, 9.17) is 10.7 Å². The predicted molar refractivity (Wildman–Crippen MR) is 85.1 cm³/mol. The van der Waals surface area contributed by atoms with Crippen LogP contribution in [0.4, 0.5) is 0 Å². The van der Waals surface area contributed by atoms with Crippen molar-refractivity contribution in [1.29, 1.82) is 0 Å². The van der Waals surface area contributed by atoms with E-state index in [0.29, 0.717) is 12.6 Å². The Bertz CT molecular complexity index is 711. The first kappa shape index (κ1) is 13.3. The molecule has 20 heavy (non-hydrogen) atoms. The third kappa shape index (κ3) is 2.37. The molecule has 0 bridgehead atoms. The summed E-state index contributed by atoms with van der Waals surface area (Å²) in [6, 6.07) is 11.0. The molecular formula is C16H19N3S. The third-order valence-electron chi connectivity index (χ3n) is 3.49. The molecule has 0 aliphatic rings. The van der Waals surface area contributed by atoms with E-state index in [2.05, 4.69) is 54.1 Å². The Morgan fingerprint density at radius 1 is 1.30 bits per heavy atom. The van der Waals surface area contributed by atoms with Crippen molar-refractivity contribution < 1.29 is 0 Å². The minimum Gasteiger partial charge on any atom is -0.326 e. The second kappa shape index (κ2) is 5.38. The summed E-state index contributed by atoms with van der Waals surface area (Å²) in [6.45, 7) is 4.97. The summed E-state index contributed by atoms with van der Waals surface area (Å²) in [6.07, 6.45) is 0.891. The maximum absolute atomic E-state index is 5.72. The van der Waals surface area contributed by atoms with Crippen LogP contribution in [0.15, 0.2) is 35.7 Å². The Kier molecular flexibility index (Phi) is 3.59. The van der Waals surface area contributed by atoms with Crippen molar-refractivity contribution in [2.75, 3.05) is 0 Å². The monoisotopic (exact) mass is 285 g/mol. The average molecular weight is 285 g/mol. The van der Waals surface area contributed by atoms with Crippen molar-refractivity contribution in [3.05, 3.63) is 52.0 Å². The molecule has 0 radical (unpaired) electrons. The number of hydrogen-bond acceptors (Lipinski definition) is 3. The first-order valence-corrected chi connectivity index (χ1v) is 7.79. The molecule has 2 aromatic heterocycles. The standard InChI is InChI=1S/C16H19N3S/c1-11(2)19-15-6-5-12(10-17)8-14(15)18-16(19)9-13-4-3-7-20-13/h3-8,11H,9-10,17H2,1-2H3. The van der Waals surface area contributed by atoms with Crippen LogP contribution in [0, 0.1) is 0 Å². The van der Waals surface area contributed by atoms with Gasteiger partial charge in [0, 0.05) is 23.9 Å². The molecule has 0 saturated heterocycles. The van der Waals surface area contributed by atoms with Crippen LogP contribution in [0.1, 0.15) is 36.2 Å². The number of imidazole rings is 1. The molecular weight excluding hydrogens is 266 g/mol. The van der Waals surface area contributed by atoms with Crippen molar-refractivity contribution in [1.82, 2.24) is 9.55 Å². The fraction of sp³-hybridized carbons (Fsp3) is 0.312. The highest BCUT2D eigenvalue weighted by atomic mass is 32.1. The zero-order valence-electron chi connectivity index (χ0n) is 11.8. The topological polar surface area (TPSA) is 43.8 Å². The van der Waals surface area contributed by atoms with Crippen LogP contribution in [0.2, 0.25) is 0 Å². The molecule has 2 heterocycles. The van der Waals surface area contributed by atoms with Crippen molar-refractivity contribution in [3.8, 4) is 0 Å². The molecule has 0 aliphatic carbocycles. The highest BCUT2D eigenvalue weighted by Gasteiger charge is 2.14. The van der Waals surface area contributed by atoms with Crippen molar-refractivity contribution in [3.63, 3.8) is 0 Å². The molecule has 0 spiro atoms. The number of hydrogen-bond donors (Lipinski definition) is 1. The van der Waals surface area contributed by atoms with Crippen molar-refractivity contribution in [2.24, 2.45) is 5.73 Å². The van der Waals surface area contributed by atoms with Crippen molar-refractivity contribution >= 4 is 22.4 Å². The van der Waals surface area contributed by atoms with Crippen LogP contribution < -0.4 is 5.73 Å². The van der Waals surface area contributed by atoms with Gasteiger partial charge in [0.1, 0.15) is 5.82 Å². The van der Waals surface area contributed by atoms with Crippen molar-refractivity contribution in [2.45, 2.75) is 32.9 Å². The van der Waals surface area contributed by atoms with Gasteiger partial charge in [-0.05, 0) is 43.0 Å². The summed E-state index contributed by atoms with van der Waals surface area (Å²) >= 11 is 1.78. The number of thiophene rings is 1. The largest absolute Gasteiger partial charge is 0.326 e. The Labute approximate surface area is 123 Å². The molecule has 2 N–H and O–H groups in total. The normalized spacial score (nSPS) is 11.6. The molecule has 4 heteroatoms. The molecule has 1 aromatic carbocycles. The van der Waals surface area contributed by atoms with Gasteiger partial charge in [0.15, 0.2) is 0 Å². The minimum absolute atomic E-state index is 0.402. The van der Waals surface area contributed by atoms with Crippen LogP contribution in [0.5, 0.6) is 0 Å². The van der Waals surface area contributed by atoms with Gasteiger partial charge in [-0.25, -0.2) is 4.98 Å². The van der Waals surface area contributed by atoms with Gasteiger partial charge >= 0.3 is 0 Å². The van der Waals surface area contributed by atoms with E-state index in [1.165, 1.54) is 10.4 Å². The molecule has 3 nitrogen and oxygen atoms in total. The lowest BCUT2D eigenvalue weighted by atomic mass is 10.2. The zero-order valence-corrected chi connectivity index (χ0v) is 12.7. The number of rotatable bonds is 4. The van der Waals surface area contributed by atoms with E-state index in [9.17, 15) is 0 Å². The van der Waals surface area contributed by atoms with Gasteiger partial charge in [-0.1, -0.05) is 12.1 Å². The number of fused-ring (bicyclic) bond motifs is 1. The molecule has 0 saturated carbocycles. The van der Waals surface area contributed by atoms with Gasteiger partial charge in [-0.15, -0.1) is 11.3 Å². The smallest absolute Gasteiger partial charge is 0.115 e. The fourth-order valence-electron chi connectivity index (χ4n) is 2.59. The molecule has 0 amide bonds. The van der Waals surface area contributed by atoms with Crippen LogP contribution >= 0.6 is 11.3 Å². The van der Waals surface area contributed by atoms with E-state index in [0.717, 1.165) is 23.3 Å². The predicted octanol–water partition coefficient (Wildman–Crippen LogP) is 3.73. The molecule has 3 aromatic rings. The summed E-state index contributed by atoms with van der Waals surface area (Å²) in [7, 11) is 0. The first-order valence-electron chi connectivity index (χ1n) is 6.91. The SMILES string of the molecule is CC(C)n1c(Cc2cccs2)nc2cc(CN)ccc21. The van der Waals surface area contributed by atoms with E-state index in [1.807, 2.05) is 0 Å². The summed E-state index contributed by atoms with van der Waals surface area (Å²) < 4.78 is 2.33. The molecule has 0 fully saturated rings. The lowest BCUT2D eigenvalue weighted by molar-refractivity contribution is 0.592. The average Bonchev–Trinajstić information content (AvgIpc) is 3.04. The Hall–Kier alpha value is -1.65. The molecule has 3 rings (SSSR count). The van der Waals surface area contributed by atoms with Gasteiger partial charge in [-0.2, -0.15) is 0 Å². The Balaban J connectivity index is 2.12. The highest BCUT2D eigenvalue weighted by molar-refractivity contribution is 7.09. The number of benzene rings is 1. The quantitative estimate of drug-likeness (QED) is 0.794. The maximum Gasteiger partial charge on any atom is 0.115 e. The Morgan fingerprint density at radius 2 is 2.15 bits per heavy atom. The van der Waals surface area contributed by atoms with Gasteiger partial charge in [-0.3, -0.25) is 0 Å². The van der Waals surface area contributed by atoms with Crippen LogP contribution in [-0.4, -0.2) is 9.55 Å².